The molecule has 1 N–H and O–H groups in total. The lowest BCUT2D eigenvalue weighted by molar-refractivity contribution is 0.0715. The molecule has 1 saturated carbocycles. The number of hydrogen-bond donors (Lipinski definition) is 1. The fourth-order valence-electron chi connectivity index (χ4n) is 4.03. The minimum absolute atomic E-state index is 0.0251. The van der Waals surface area contributed by atoms with Gasteiger partial charge in [-0.1, -0.05) is 18.1 Å². The number of pyridine rings is 1. The first-order chi connectivity index (χ1) is 13.6. The number of nitrogens with zero attached hydrogens (tertiary/aromatic N) is 5. The summed E-state index contributed by atoms with van der Waals surface area (Å²) < 4.78 is 15.5. The number of halogens is 1. The number of carbonyl (C=O) groups is 2. The Morgan fingerprint density at radius 1 is 1.21 bits per heavy atom. The number of hydrogen-bond acceptors (Lipinski definition) is 5. The van der Waals surface area contributed by atoms with Crippen LogP contribution in [0.25, 0.3) is 0 Å². The van der Waals surface area contributed by atoms with Gasteiger partial charge in [0.2, 0.25) is 0 Å². The highest BCUT2D eigenvalue weighted by Gasteiger charge is 2.31. The molecule has 0 aromatic carbocycles. The molecule has 8 nitrogen and oxygen atoms in total. The molecule has 1 atom stereocenters. The summed E-state index contributed by atoms with van der Waals surface area (Å²) in [6.07, 6.45) is 9.99. The quantitative estimate of drug-likeness (QED) is 0.846. The summed E-state index contributed by atoms with van der Waals surface area (Å²) in [4.78, 5) is 30.4. The van der Waals surface area contributed by atoms with Crippen LogP contribution in [0.3, 0.4) is 0 Å². The van der Waals surface area contributed by atoms with E-state index in [1.54, 1.807) is 15.8 Å². The monoisotopic (exact) mass is 386 g/mol. The Morgan fingerprint density at radius 3 is 2.82 bits per heavy atom. The molecule has 1 aliphatic carbocycles. The third-order valence-corrected chi connectivity index (χ3v) is 5.50. The van der Waals surface area contributed by atoms with Gasteiger partial charge in [0, 0.05) is 18.8 Å². The van der Waals surface area contributed by atoms with Gasteiger partial charge in [-0.25, -0.2) is 9.07 Å². The van der Waals surface area contributed by atoms with E-state index in [2.05, 4.69) is 20.6 Å². The molecule has 0 radical (unpaired) electrons. The van der Waals surface area contributed by atoms with Crippen LogP contribution in [0.15, 0.2) is 24.7 Å². The smallest absolute Gasteiger partial charge is 0.273 e. The van der Waals surface area contributed by atoms with E-state index in [9.17, 15) is 14.0 Å². The molecule has 1 saturated heterocycles. The van der Waals surface area contributed by atoms with Gasteiger partial charge < -0.3 is 10.2 Å². The van der Waals surface area contributed by atoms with Crippen molar-refractivity contribution in [2.75, 3.05) is 6.54 Å². The minimum atomic E-state index is -0.621. The molecule has 0 bridgehead atoms. The van der Waals surface area contributed by atoms with Crippen molar-refractivity contribution in [3.05, 3.63) is 41.7 Å². The lowest BCUT2D eigenvalue weighted by Crippen LogP contribution is -2.38. The SMILES string of the molecule is O=C(NC1CCCC1)c1cn(C[C@@H]2CCCN2C(=O)c2ccncc2F)nn1. The van der Waals surface area contributed by atoms with Crippen molar-refractivity contribution < 1.29 is 14.0 Å². The fourth-order valence-corrected chi connectivity index (χ4v) is 4.03. The number of nitrogens with one attached hydrogen (secondary N) is 1. The van der Waals surface area contributed by atoms with Gasteiger partial charge in [0.15, 0.2) is 11.5 Å². The Labute approximate surface area is 162 Å². The van der Waals surface area contributed by atoms with Crippen molar-refractivity contribution in [2.45, 2.75) is 57.2 Å². The van der Waals surface area contributed by atoms with Crippen LogP contribution in [0, 0.1) is 5.82 Å². The van der Waals surface area contributed by atoms with Crippen LogP contribution >= 0.6 is 0 Å². The summed E-state index contributed by atoms with van der Waals surface area (Å²) in [6, 6.07) is 1.50. The first-order valence-corrected chi connectivity index (χ1v) is 9.73. The van der Waals surface area contributed by atoms with E-state index < -0.39 is 5.82 Å². The fraction of sp³-hybridized carbons (Fsp3) is 0.526. The van der Waals surface area contributed by atoms with Gasteiger partial charge >= 0.3 is 0 Å². The highest BCUT2D eigenvalue weighted by molar-refractivity contribution is 5.94. The van der Waals surface area contributed by atoms with Crippen molar-refractivity contribution in [3.63, 3.8) is 0 Å². The van der Waals surface area contributed by atoms with Crippen LogP contribution in [0.1, 0.15) is 59.4 Å². The lowest BCUT2D eigenvalue weighted by Gasteiger charge is -2.24. The van der Waals surface area contributed by atoms with E-state index in [0.29, 0.717) is 13.1 Å². The average molecular weight is 386 g/mol. The molecule has 2 aliphatic rings. The van der Waals surface area contributed by atoms with E-state index in [-0.39, 0.29) is 35.2 Å². The van der Waals surface area contributed by atoms with Gasteiger partial charge in [-0.2, -0.15) is 0 Å². The maximum absolute atomic E-state index is 13.9. The molecule has 0 unspecified atom stereocenters. The van der Waals surface area contributed by atoms with Gasteiger partial charge in [-0.15, -0.1) is 5.10 Å². The van der Waals surface area contributed by atoms with Gasteiger partial charge in [0.05, 0.1) is 30.5 Å². The van der Waals surface area contributed by atoms with Crippen molar-refractivity contribution >= 4 is 11.8 Å². The summed E-state index contributed by atoms with van der Waals surface area (Å²) in [5.74, 6) is -1.18. The van der Waals surface area contributed by atoms with Crippen molar-refractivity contribution in [1.82, 2.24) is 30.2 Å². The third-order valence-electron chi connectivity index (χ3n) is 5.50. The van der Waals surface area contributed by atoms with Crippen LogP contribution in [0.2, 0.25) is 0 Å². The highest BCUT2D eigenvalue weighted by Crippen LogP contribution is 2.22. The molecule has 148 valence electrons. The first-order valence-electron chi connectivity index (χ1n) is 9.73. The number of rotatable bonds is 5. The summed E-state index contributed by atoms with van der Waals surface area (Å²) in [5, 5.41) is 11.0. The standard InChI is InChI=1S/C19H23FN6O2/c20-16-10-21-8-7-15(16)19(28)26-9-3-6-14(26)11-25-12-17(23-24-25)18(27)22-13-4-1-2-5-13/h7-8,10,12-14H,1-6,9,11H2,(H,22,27)/t14-/m0/s1. The van der Waals surface area contributed by atoms with Crippen molar-refractivity contribution in [1.29, 1.82) is 0 Å². The Balaban J connectivity index is 1.41. The summed E-state index contributed by atoms with van der Waals surface area (Å²) in [7, 11) is 0. The highest BCUT2D eigenvalue weighted by atomic mass is 19.1. The van der Waals surface area contributed by atoms with E-state index in [0.717, 1.165) is 44.7 Å². The van der Waals surface area contributed by atoms with Crippen LogP contribution < -0.4 is 5.32 Å². The molecule has 28 heavy (non-hydrogen) atoms. The molecule has 3 heterocycles. The van der Waals surface area contributed by atoms with E-state index in [1.165, 1.54) is 12.3 Å². The predicted molar refractivity (Wildman–Crippen MR) is 98.0 cm³/mol. The Kier molecular flexibility index (Phi) is 5.31. The van der Waals surface area contributed by atoms with E-state index in [4.69, 9.17) is 0 Å². The average Bonchev–Trinajstić information content (AvgIpc) is 3.44. The molecule has 2 fully saturated rings. The van der Waals surface area contributed by atoms with Crippen LogP contribution in [0.5, 0.6) is 0 Å². The van der Waals surface area contributed by atoms with Gasteiger partial charge in [0.25, 0.3) is 11.8 Å². The van der Waals surface area contributed by atoms with E-state index in [1.807, 2.05) is 0 Å². The second kappa shape index (κ2) is 8.04. The normalized spacial score (nSPS) is 19.9. The molecule has 9 heteroatoms. The zero-order valence-corrected chi connectivity index (χ0v) is 15.6. The first kappa shape index (κ1) is 18.5. The van der Waals surface area contributed by atoms with Crippen molar-refractivity contribution in [2.24, 2.45) is 0 Å². The summed E-state index contributed by atoms with van der Waals surface area (Å²) in [5.41, 5.74) is 0.306. The van der Waals surface area contributed by atoms with E-state index >= 15 is 0 Å². The molecule has 4 rings (SSSR count). The maximum atomic E-state index is 13.9. The number of carbonyl (C=O) groups excluding carboxylic acids is 2. The predicted octanol–water partition coefficient (Wildman–Crippen LogP) is 1.79. The molecular formula is C19H23FN6O2. The molecule has 2 aromatic rings. The van der Waals surface area contributed by atoms with Gasteiger partial charge in [-0.3, -0.25) is 14.6 Å². The Bertz CT molecular complexity index is 864. The minimum Gasteiger partial charge on any atom is -0.348 e. The molecular weight excluding hydrogens is 363 g/mol. The molecule has 1 aliphatic heterocycles. The van der Waals surface area contributed by atoms with Crippen LogP contribution in [-0.2, 0) is 6.54 Å². The molecule has 2 aromatic heterocycles. The van der Waals surface area contributed by atoms with Crippen LogP contribution in [0.4, 0.5) is 4.39 Å². The third kappa shape index (κ3) is 3.88. The second-order valence-electron chi connectivity index (χ2n) is 7.43. The van der Waals surface area contributed by atoms with Gasteiger partial charge in [0.1, 0.15) is 0 Å². The molecule has 0 spiro atoms. The number of likely N-dealkylation sites (tertiary alicyclic amines) is 1. The maximum Gasteiger partial charge on any atom is 0.273 e. The number of amides is 2. The summed E-state index contributed by atoms with van der Waals surface area (Å²) >= 11 is 0. The van der Waals surface area contributed by atoms with Crippen molar-refractivity contribution in [3.8, 4) is 0 Å². The van der Waals surface area contributed by atoms with Gasteiger partial charge in [-0.05, 0) is 31.7 Å². The zero-order valence-electron chi connectivity index (χ0n) is 15.6. The molecule has 2 amide bonds. The Hall–Kier alpha value is -2.84. The second-order valence-corrected chi connectivity index (χ2v) is 7.43. The lowest BCUT2D eigenvalue weighted by atomic mass is 10.2. The van der Waals surface area contributed by atoms with Crippen LogP contribution in [-0.4, -0.2) is 55.3 Å². The zero-order chi connectivity index (χ0) is 19.5. The largest absolute Gasteiger partial charge is 0.348 e. The topological polar surface area (TPSA) is 93.0 Å². The number of aromatic nitrogens is 4. The Morgan fingerprint density at radius 2 is 2.04 bits per heavy atom. The summed E-state index contributed by atoms with van der Waals surface area (Å²) in [6.45, 7) is 0.983.